The van der Waals surface area contributed by atoms with E-state index in [-0.39, 0.29) is 24.0 Å². The van der Waals surface area contributed by atoms with Gasteiger partial charge in [0.2, 0.25) is 0 Å². The first-order chi connectivity index (χ1) is 11.6. The number of aliphatic imine (C=N–C) groups is 1. The van der Waals surface area contributed by atoms with Gasteiger partial charge in [0, 0.05) is 58.8 Å². The highest BCUT2D eigenvalue weighted by Gasteiger charge is 2.23. The van der Waals surface area contributed by atoms with Crippen LogP contribution in [0.15, 0.2) is 4.99 Å². The monoisotopic (exact) mass is 468 g/mol. The summed E-state index contributed by atoms with van der Waals surface area (Å²) in [5.74, 6) is 2.30. The van der Waals surface area contributed by atoms with Crippen molar-refractivity contribution in [1.29, 1.82) is 0 Å². The molecule has 0 aromatic rings. The molecule has 0 aromatic carbocycles. The van der Waals surface area contributed by atoms with Crippen molar-refractivity contribution in [2.24, 2.45) is 16.8 Å². The summed E-state index contributed by atoms with van der Waals surface area (Å²) in [7, 11) is 4.00. The highest BCUT2D eigenvalue weighted by atomic mass is 127. The standard InChI is InChI=1S/C18H36N4O2.HI/c1-15(2)11-17(22-6-9-23-10-7-22)12-20-18(19-3)21(4)13-16-5-8-24-14-16;/h15-17H,5-14H2,1-4H3,(H,19,20);1H. The Bertz CT molecular complexity index is 383. The van der Waals surface area contributed by atoms with Gasteiger partial charge in [0.05, 0.1) is 19.8 Å². The van der Waals surface area contributed by atoms with E-state index in [9.17, 15) is 0 Å². The fraction of sp³-hybridized carbons (Fsp3) is 0.944. The summed E-state index contributed by atoms with van der Waals surface area (Å²) in [6, 6.07) is 0.536. The van der Waals surface area contributed by atoms with E-state index >= 15 is 0 Å². The predicted octanol–water partition coefficient (Wildman–Crippen LogP) is 1.90. The van der Waals surface area contributed by atoms with Gasteiger partial charge in [0.25, 0.3) is 0 Å². The molecule has 0 radical (unpaired) electrons. The Labute approximate surface area is 170 Å². The topological polar surface area (TPSA) is 49.3 Å². The second-order valence-corrected chi connectivity index (χ2v) is 7.47. The van der Waals surface area contributed by atoms with E-state index in [0.29, 0.717) is 17.9 Å². The Morgan fingerprint density at radius 1 is 1.24 bits per heavy atom. The average Bonchev–Trinajstić information content (AvgIpc) is 3.07. The van der Waals surface area contributed by atoms with E-state index in [0.717, 1.165) is 65.0 Å². The summed E-state index contributed by atoms with van der Waals surface area (Å²) in [4.78, 5) is 9.28. The second kappa shape index (κ2) is 12.3. The van der Waals surface area contributed by atoms with Crippen molar-refractivity contribution in [2.45, 2.75) is 32.7 Å². The molecule has 25 heavy (non-hydrogen) atoms. The SMILES string of the molecule is CN=C(NCC(CC(C)C)N1CCOCC1)N(C)CC1CCOC1.I. The normalized spacial score (nSPS) is 23.4. The highest BCUT2D eigenvalue weighted by Crippen LogP contribution is 2.15. The molecule has 0 aliphatic carbocycles. The van der Waals surface area contributed by atoms with Crippen molar-refractivity contribution in [3.8, 4) is 0 Å². The van der Waals surface area contributed by atoms with Gasteiger partial charge in [-0.1, -0.05) is 13.8 Å². The molecule has 148 valence electrons. The molecule has 0 amide bonds. The summed E-state index contributed by atoms with van der Waals surface area (Å²) in [5.41, 5.74) is 0. The quantitative estimate of drug-likeness (QED) is 0.352. The van der Waals surface area contributed by atoms with Crippen molar-refractivity contribution in [3.05, 3.63) is 0 Å². The maximum atomic E-state index is 5.51. The van der Waals surface area contributed by atoms with Gasteiger partial charge in [0.15, 0.2) is 5.96 Å². The molecule has 2 atom stereocenters. The summed E-state index contributed by atoms with van der Waals surface area (Å²) < 4.78 is 11.0. The first-order valence-electron chi connectivity index (χ1n) is 9.41. The summed E-state index contributed by atoms with van der Waals surface area (Å²) in [5, 5.41) is 3.60. The Balaban J connectivity index is 0.00000312. The molecule has 2 heterocycles. The fourth-order valence-corrected chi connectivity index (χ4v) is 3.64. The molecule has 0 saturated carbocycles. The van der Waals surface area contributed by atoms with Crippen LogP contribution in [-0.2, 0) is 9.47 Å². The Morgan fingerprint density at radius 2 is 1.96 bits per heavy atom. The number of nitrogens with one attached hydrogen (secondary N) is 1. The van der Waals surface area contributed by atoms with Crippen molar-refractivity contribution in [3.63, 3.8) is 0 Å². The number of hydrogen-bond donors (Lipinski definition) is 1. The van der Waals surface area contributed by atoms with Crippen molar-refractivity contribution >= 4 is 29.9 Å². The van der Waals surface area contributed by atoms with E-state index < -0.39 is 0 Å². The van der Waals surface area contributed by atoms with Crippen LogP contribution in [0.1, 0.15) is 26.7 Å². The number of ether oxygens (including phenoxy) is 2. The maximum Gasteiger partial charge on any atom is 0.193 e. The zero-order chi connectivity index (χ0) is 17.4. The molecule has 1 N–H and O–H groups in total. The number of hydrogen-bond acceptors (Lipinski definition) is 4. The molecular formula is C18H37IN4O2. The smallest absolute Gasteiger partial charge is 0.193 e. The molecule has 0 aromatic heterocycles. The van der Waals surface area contributed by atoms with E-state index in [1.165, 1.54) is 6.42 Å². The number of morpholine rings is 1. The third-order valence-electron chi connectivity index (χ3n) is 4.93. The van der Waals surface area contributed by atoms with E-state index in [2.05, 4.69) is 41.0 Å². The molecule has 2 saturated heterocycles. The minimum Gasteiger partial charge on any atom is -0.381 e. The number of halogens is 1. The lowest BCUT2D eigenvalue weighted by Gasteiger charge is -2.36. The van der Waals surface area contributed by atoms with Crippen LogP contribution in [0, 0.1) is 11.8 Å². The lowest BCUT2D eigenvalue weighted by atomic mass is 10.0. The summed E-state index contributed by atoms with van der Waals surface area (Å²) in [6.07, 6.45) is 2.36. The number of rotatable bonds is 7. The van der Waals surface area contributed by atoms with Crippen molar-refractivity contribution in [2.75, 3.05) is 66.7 Å². The van der Waals surface area contributed by atoms with Gasteiger partial charge in [-0.25, -0.2) is 0 Å². The largest absolute Gasteiger partial charge is 0.381 e. The first-order valence-corrected chi connectivity index (χ1v) is 9.41. The van der Waals surface area contributed by atoms with Crippen LogP contribution in [0.25, 0.3) is 0 Å². The molecule has 6 nitrogen and oxygen atoms in total. The zero-order valence-corrected chi connectivity index (χ0v) is 18.7. The van der Waals surface area contributed by atoms with Crippen LogP contribution < -0.4 is 5.32 Å². The van der Waals surface area contributed by atoms with Crippen molar-refractivity contribution in [1.82, 2.24) is 15.1 Å². The fourth-order valence-electron chi connectivity index (χ4n) is 3.64. The van der Waals surface area contributed by atoms with Crippen LogP contribution in [0.5, 0.6) is 0 Å². The summed E-state index contributed by atoms with van der Waals surface area (Å²) >= 11 is 0. The molecule has 2 rings (SSSR count). The Morgan fingerprint density at radius 3 is 2.52 bits per heavy atom. The Kier molecular flexibility index (Phi) is 11.3. The van der Waals surface area contributed by atoms with Gasteiger partial charge < -0.3 is 19.7 Å². The van der Waals surface area contributed by atoms with Gasteiger partial charge in [-0.05, 0) is 18.8 Å². The number of nitrogens with zero attached hydrogens (tertiary/aromatic N) is 3. The van der Waals surface area contributed by atoms with Gasteiger partial charge >= 0.3 is 0 Å². The lowest BCUT2D eigenvalue weighted by molar-refractivity contribution is 0.0131. The molecule has 2 fully saturated rings. The molecule has 0 bridgehead atoms. The van der Waals surface area contributed by atoms with Gasteiger partial charge in [-0.3, -0.25) is 9.89 Å². The van der Waals surface area contributed by atoms with E-state index in [4.69, 9.17) is 9.47 Å². The van der Waals surface area contributed by atoms with Crippen LogP contribution in [0.3, 0.4) is 0 Å². The predicted molar refractivity (Wildman–Crippen MR) is 114 cm³/mol. The van der Waals surface area contributed by atoms with Gasteiger partial charge in [-0.15, -0.1) is 24.0 Å². The lowest BCUT2D eigenvalue weighted by Crippen LogP contribution is -2.51. The maximum absolute atomic E-state index is 5.51. The molecular weight excluding hydrogens is 431 g/mol. The third-order valence-corrected chi connectivity index (χ3v) is 4.93. The first kappa shape index (κ1) is 22.9. The minimum absolute atomic E-state index is 0. The van der Waals surface area contributed by atoms with Gasteiger partial charge in [0.1, 0.15) is 0 Å². The zero-order valence-electron chi connectivity index (χ0n) is 16.4. The van der Waals surface area contributed by atoms with Crippen LogP contribution in [0.4, 0.5) is 0 Å². The van der Waals surface area contributed by atoms with Crippen LogP contribution in [0.2, 0.25) is 0 Å². The molecule has 2 aliphatic rings. The van der Waals surface area contributed by atoms with Gasteiger partial charge in [-0.2, -0.15) is 0 Å². The molecule has 7 heteroatoms. The number of guanidine groups is 1. The summed E-state index contributed by atoms with van der Waals surface area (Å²) in [6.45, 7) is 12.1. The third kappa shape index (κ3) is 7.97. The Hall–Kier alpha value is -0.120. The molecule has 0 spiro atoms. The van der Waals surface area contributed by atoms with E-state index in [1.54, 1.807) is 0 Å². The van der Waals surface area contributed by atoms with Crippen LogP contribution in [-0.4, -0.2) is 88.5 Å². The van der Waals surface area contributed by atoms with Crippen molar-refractivity contribution < 1.29 is 9.47 Å². The van der Waals surface area contributed by atoms with E-state index in [1.807, 2.05) is 7.05 Å². The second-order valence-electron chi connectivity index (χ2n) is 7.47. The molecule has 2 unspecified atom stereocenters. The van der Waals surface area contributed by atoms with Crippen LogP contribution >= 0.6 is 24.0 Å². The highest BCUT2D eigenvalue weighted by molar-refractivity contribution is 14.0. The average molecular weight is 468 g/mol. The molecule has 2 aliphatic heterocycles. The minimum atomic E-state index is 0.